The van der Waals surface area contributed by atoms with Gasteiger partial charge in [-0.1, -0.05) is 30.3 Å². The smallest absolute Gasteiger partial charge is 0.312 e. The van der Waals surface area contributed by atoms with Gasteiger partial charge in [-0.2, -0.15) is 0 Å². The number of nitrogens with one attached hydrogen (secondary N) is 1. The van der Waals surface area contributed by atoms with Gasteiger partial charge in [-0.05, 0) is 22.9 Å². The first-order chi connectivity index (χ1) is 8.28. The maximum atomic E-state index is 11.7. The molecule has 0 amide bonds. The first-order valence-electron chi connectivity index (χ1n) is 4.86. The van der Waals surface area contributed by atoms with Crippen LogP contribution in [0.3, 0.4) is 0 Å². The van der Waals surface area contributed by atoms with E-state index in [0.717, 1.165) is 5.39 Å². The molecule has 0 aromatic heterocycles. The van der Waals surface area contributed by atoms with E-state index in [1.165, 1.54) is 16.6 Å². The second-order valence-electron chi connectivity index (χ2n) is 3.65. The molecular formula is C10H10NO5PS. The molecule has 0 fully saturated rings. The summed E-state index contributed by atoms with van der Waals surface area (Å²) in [5.74, 6) is 0. The van der Waals surface area contributed by atoms with Crippen LogP contribution in [0.1, 0.15) is 0 Å². The molecule has 0 spiro atoms. The molecule has 0 radical (unpaired) electrons. The predicted octanol–water partition coefficient (Wildman–Crippen LogP) is 1.21. The largest absolute Gasteiger partial charge is 0.414 e. The molecule has 0 saturated carbocycles. The number of hydrogen-bond donors (Lipinski definition) is 3. The van der Waals surface area contributed by atoms with E-state index in [9.17, 15) is 13.0 Å². The second kappa shape index (κ2) is 4.46. The number of rotatable bonds is 3. The minimum absolute atomic E-state index is 0.190. The monoisotopic (exact) mass is 287 g/mol. The van der Waals surface area contributed by atoms with Gasteiger partial charge < -0.3 is 9.79 Å². The Morgan fingerprint density at radius 3 is 2.22 bits per heavy atom. The van der Waals surface area contributed by atoms with Crippen molar-refractivity contribution in [1.29, 1.82) is 0 Å². The van der Waals surface area contributed by atoms with Crippen molar-refractivity contribution < 1.29 is 22.8 Å². The number of hydrogen-bond acceptors (Lipinski definition) is 3. The summed E-state index contributed by atoms with van der Waals surface area (Å²) in [5.41, 5.74) is 0. The molecule has 0 heterocycles. The van der Waals surface area contributed by atoms with Crippen LogP contribution in [0.25, 0.3) is 10.8 Å². The maximum Gasteiger partial charge on any atom is 0.414 e. The van der Waals surface area contributed by atoms with Crippen LogP contribution >= 0.6 is 7.75 Å². The van der Waals surface area contributed by atoms with Gasteiger partial charge in [-0.15, -0.1) is 4.49 Å². The van der Waals surface area contributed by atoms with E-state index in [2.05, 4.69) is 0 Å². The lowest BCUT2D eigenvalue weighted by molar-refractivity contribution is 0.368. The Kier molecular flexibility index (Phi) is 3.27. The first-order valence-corrected chi connectivity index (χ1v) is 7.96. The summed E-state index contributed by atoms with van der Waals surface area (Å²) < 4.78 is 35.4. The van der Waals surface area contributed by atoms with Gasteiger partial charge in [0.1, 0.15) is 0 Å². The molecule has 96 valence electrons. The van der Waals surface area contributed by atoms with Crippen molar-refractivity contribution >= 4 is 28.5 Å². The van der Waals surface area contributed by atoms with Crippen molar-refractivity contribution in [2.45, 2.75) is 4.90 Å². The van der Waals surface area contributed by atoms with Crippen molar-refractivity contribution in [2.75, 3.05) is 0 Å². The van der Waals surface area contributed by atoms with E-state index < -0.39 is 17.8 Å². The fourth-order valence-electron chi connectivity index (χ4n) is 1.54. The van der Waals surface area contributed by atoms with Crippen molar-refractivity contribution in [3.63, 3.8) is 0 Å². The van der Waals surface area contributed by atoms with E-state index in [1.807, 2.05) is 12.1 Å². The summed E-state index contributed by atoms with van der Waals surface area (Å²) >= 11 is 0. The summed E-state index contributed by atoms with van der Waals surface area (Å²) in [5, 5.41) is 1.51. The Balaban J connectivity index is 2.51. The molecular weight excluding hydrogens is 277 g/mol. The third-order valence-corrected chi connectivity index (χ3v) is 5.06. The SMILES string of the molecule is O=P(O)(O)NS(=O)(=O)c1ccc2ccccc2c1. The van der Waals surface area contributed by atoms with E-state index in [0.29, 0.717) is 5.39 Å². The minimum Gasteiger partial charge on any atom is -0.312 e. The molecule has 6 nitrogen and oxygen atoms in total. The number of fused-ring (bicyclic) bond motifs is 1. The van der Waals surface area contributed by atoms with Crippen molar-refractivity contribution in [2.24, 2.45) is 0 Å². The molecule has 2 rings (SSSR count). The van der Waals surface area contributed by atoms with Crippen LogP contribution in [0.2, 0.25) is 0 Å². The quantitative estimate of drug-likeness (QED) is 0.736. The highest BCUT2D eigenvalue weighted by atomic mass is 32.2. The van der Waals surface area contributed by atoms with E-state index >= 15 is 0 Å². The van der Waals surface area contributed by atoms with E-state index in [1.54, 1.807) is 18.2 Å². The molecule has 0 unspecified atom stereocenters. The fourth-order valence-corrected chi connectivity index (χ4v) is 3.75. The topological polar surface area (TPSA) is 104 Å². The highest BCUT2D eigenvalue weighted by Gasteiger charge is 2.24. The van der Waals surface area contributed by atoms with Crippen LogP contribution < -0.4 is 4.49 Å². The highest BCUT2D eigenvalue weighted by Crippen LogP contribution is 2.32. The van der Waals surface area contributed by atoms with Crippen molar-refractivity contribution in [3.8, 4) is 0 Å². The van der Waals surface area contributed by atoms with Gasteiger partial charge in [0.15, 0.2) is 0 Å². The van der Waals surface area contributed by atoms with Crippen LogP contribution in [0.4, 0.5) is 0 Å². The minimum atomic E-state index is -4.85. The van der Waals surface area contributed by atoms with Gasteiger partial charge in [-0.3, -0.25) is 0 Å². The zero-order chi connectivity index (χ0) is 13.4. The second-order valence-corrected chi connectivity index (χ2v) is 6.94. The van der Waals surface area contributed by atoms with Crippen LogP contribution in [0.5, 0.6) is 0 Å². The summed E-state index contributed by atoms with van der Waals surface area (Å²) in [6.07, 6.45) is 0. The van der Waals surface area contributed by atoms with Gasteiger partial charge in [0.2, 0.25) is 10.0 Å². The Labute approximate surface area is 104 Å². The molecule has 2 aromatic carbocycles. The van der Waals surface area contributed by atoms with Crippen LogP contribution in [0.15, 0.2) is 47.4 Å². The average Bonchev–Trinajstić information content (AvgIpc) is 2.25. The van der Waals surface area contributed by atoms with Crippen LogP contribution in [0, 0.1) is 0 Å². The Bertz CT molecular complexity index is 737. The molecule has 0 aliphatic heterocycles. The third-order valence-electron chi connectivity index (χ3n) is 2.27. The molecule has 0 aliphatic carbocycles. The molecule has 3 N–H and O–H groups in total. The van der Waals surface area contributed by atoms with Gasteiger partial charge in [0.05, 0.1) is 4.90 Å². The zero-order valence-electron chi connectivity index (χ0n) is 9.02. The lowest BCUT2D eigenvalue weighted by Crippen LogP contribution is -2.20. The summed E-state index contributed by atoms with van der Waals surface area (Å²) in [7, 11) is -9.07. The lowest BCUT2D eigenvalue weighted by atomic mass is 10.1. The zero-order valence-corrected chi connectivity index (χ0v) is 10.7. The molecule has 0 saturated heterocycles. The summed E-state index contributed by atoms with van der Waals surface area (Å²) in [6.45, 7) is 0. The van der Waals surface area contributed by atoms with Crippen LogP contribution in [-0.4, -0.2) is 18.2 Å². The number of sulfonamides is 1. The molecule has 0 bridgehead atoms. The van der Waals surface area contributed by atoms with Gasteiger partial charge in [0, 0.05) is 0 Å². The Hall–Kier alpha value is -1.24. The van der Waals surface area contributed by atoms with Gasteiger partial charge in [-0.25, -0.2) is 13.0 Å². The van der Waals surface area contributed by atoms with E-state index in [-0.39, 0.29) is 4.90 Å². The molecule has 0 atom stereocenters. The average molecular weight is 287 g/mol. The number of benzene rings is 2. The normalized spacial score (nSPS) is 12.8. The standard InChI is InChI=1S/C10H10NO5PS/c12-17(13,14)11-18(15,16)10-6-5-8-3-1-2-4-9(8)7-10/h1-7H,(H3,11,12,13,14). The first kappa shape index (κ1) is 13.2. The van der Waals surface area contributed by atoms with Gasteiger partial charge >= 0.3 is 7.75 Å². The van der Waals surface area contributed by atoms with Crippen molar-refractivity contribution in [3.05, 3.63) is 42.5 Å². The predicted molar refractivity (Wildman–Crippen MR) is 66.3 cm³/mol. The highest BCUT2D eigenvalue weighted by molar-refractivity contribution is 7.94. The van der Waals surface area contributed by atoms with Crippen molar-refractivity contribution in [1.82, 2.24) is 4.49 Å². The summed E-state index contributed by atoms with van der Waals surface area (Å²) in [4.78, 5) is 17.1. The third kappa shape index (κ3) is 2.95. The van der Waals surface area contributed by atoms with Crippen LogP contribution in [-0.2, 0) is 14.6 Å². The summed E-state index contributed by atoms with van der Waals surface area (Å²) in [6, 6.07) is 11.3. The molecule has 8 heteroatoms. The fraction of sp³-hybridized carbons (Fsp3) is 0. The Morgan fingerprint density at radius 2 is 1.61 bits per heavy atom. The maximum absolute atomic E-state index is 11.7. The lowest BCUT2D eigenvalue weighted by Gasteiger charge is -2.08. The Morgan fingerprint density at radius 1 is 1.00 bits per heavy atom. The van der Waals surface area contributed by atoms with E-state index in [4.69, 9.17) is 9.79 Å². The molecule has 0 aliphatic rings. The molecule has 18 heavy (non-hydrogen) atoms. The molecule has 2 aromatic rings. The van der Waals surface area contributed by atoms with Gasteiger partial charge in [0.25, 0.3) is 0 Å².